The van der Waals surface area contributed by atoms with Gasteiger partial charge >= 0.3 is 0 Å². The Kier molecular flexibility index (Phi) is 9.05. The van der Waals surface area contributed by atoms with Gasteiger partial charge in [-0.2, -0.15) is 0 Å². The van der Waals surface area contributed by atoms with Crippen molar-refractivity contribution in [2.24, 2.45) is 53.3 Å². The Morgan fingerprint density at radius 2 is 1.14 bits per heavy atom. The monoisotopic (exact) mass is 710 g/mol. The van der Waals surface area contributed by atoms with Crippen LogP contribution >= 0.6 is 0 Å². The van der Waals surface area contributed by atoms with Crippen molar-refractivity contribution in [1.82, 2.24) is 0 Å². The molecule has 284 valence electrons. The quantitative estimate of drug-likeness (QED) is 0.247. The van der Waals surface area contributed by atoms with Crippen molar-refractivity contribution in [3.63, 3.8) is 0 Å². The van der Waals surface area contributed by atoms with Crippen molar-refractivity contribution >= 4 is 0 Å². The van der Waals surface area contributed by atoms with Crippen LogP contribution in [0.5, 0.6) is 0 Å². The lowest BCUT2D eigenvalue weighted by Crippen LogP contribution is -2.70. The van der Waals surface area contributed by atoms with E-state index in [0.717, 1.165) is 51.4 Å². The molecule has 0 aromatic heterocycles. The third-order valence-corrected chi connectivity index (χ3v) is 15.5. The Bertz CT molecular complexity index is 1340. The summed E-state index contributed by atoms with van der Waals surface area (Å²) >= 11 is 0. The fraction of sp³-hybridized carbons (Fsp3) is 0.857. The van der Waals surface area contributed by atoms with Crippen molar-refractivity contribution in [2.45, 2.75) is 167 Å². The summed E-state index contributed by atoms with van der Waals surface area (Å²) in [4.78, 5) is 25.2. The minimum Gasteiger partial charge on any atom is -0.376 e. The molecule has 51 heavy (non-hydrogen) atoms. The predicted molar refractivity (Wildman–Crippen MR) is 187 cm³/mol. The lowest BCUT2D eigenvalue weighted by atomic mass is 9.56. The summed E-state index contributed by atoms with van der Waals surface area (Å²) < 4.78 is 34.3. The van der Waals surface area contributed by atoms with Crippen LogP contribution < -0.4 is 0 Å². The molecule has 8 heterocycles. The van der Waals surface area contributed by atoms with Crippen LogP contribution in [0.15, 0.2) is 24.3 Å². The van der Waals surface area contributed by atoms with Gasteiger partial charge < -0.3 is 23.7 Å². The first-order valence-corrected chi connectivity index (χ1v) is 20.5. The maximum absolute atomic E-state index is 7.13. The summed E-state index contributed by atoms with van der Waals surface area (Å²) in [5, 5.41) is 0. The van der Waals surface area contributed by atoms with Gasteiger partial charge in [0.25, 0.3) is 0 Å². The lowest BCUT2D eigenvalue weighted by molar-refractivity contribution is -0.571. The van der Waals surface area contributed by atoms with Gasteiger partial charge in [0.15, 0.2) is 23.8 Å². The molecule has 9 nitrogen and oxygen atoms in total. The fourth-order valence-electron chi connectivity index (χ4n) is 12.4. The molecule has 16 atom stereocenters. The number of benzene rings is 1. The van der Waals surface area contributed by atoms with E-state index in [2.05, 4.69) is 58.9 Å². The summed E-state index contributed by atoms with van der Waals surface area (Å²) in [5.74, 6) is 1.62. The lowest BCUT2D eigenvalue weighted by Gasteiger charge is -2.61. The number of hydrogen-bond donors (Lipinski definition) is 0. The predicted octanol–water partition coefficient (Wildman–Crippen LogP) is 8.41. The summed E-state index contributed by atoms with van der Waals surface area (Å²) in [6, 6.07) is 8.66. The highest BCUT2D eigenvalue weighted by molar-refractivity contribution is 5.20. The van der Waals surface area contributed by atoms with Crippen LogP contribution in [0, 0.1) is 60.2 Å². The van der Waals surface area contributed by atoms with E-state index in [9.17, 15) is 0 Å². The second-order valence-electron chi connectivity index (χ2n) is 18.7. The normalized spacial score (nSPS) is 51.5. The van der Waals surface area contributed by atoms with Crippen LogP contribution in [-0.2, 0) is 49.8 Å². The van der Waals surface area contributed by atoms with Gasteiger partial charge in [0.2, 0.25) is 11.6 Å². The molecule has 1 aromatic carbocycles. The van der Waals surface area contributed by atoms with Gasteiger partial charge in [-0.3, -0.25) is 0 Å². The van der Waals surface area contributed by atoms with E-state index in [1.165, 1.54) is 24.0 Å². The van der Waals surface area contributed by atoms with E-state index in [0.29, 0.717) is 48.7 Å². The molecule has 2 saturated carbocycles. The van der Waals surface area contributed by atoms with Gasteiger partial charge in [0.1, 0.15) is 0 Å². The molecular formula is C42H62O9. The van der Waals surface area contributed by atoms with Crippen molar-refractivity contribution < 1.29 is 43.2 Å². The van der Waals surface area contributed by atoms with Gasteiger partial charge in [0, 0.05) is 24.7 Å². The minimum atomic E-state index is -0.781. The summed E-state index contributed by atoms with van der Waals surface area (Å²) in [5.41, 5.74) is 1.34. The molecule has 8 saturated heterocycles. The maximum Gasteiger partial charge on any atom is 0.201 e. The first-order valence-electron chi connectivity index (χ1n) is 20.5. The molecule has 2 aliphatic carbocycles. The Morgan fingerprint density at radius 1 is 0.647 bits per heavy atom. The number of fused-ring (bicyclic) bond motifs is 4. The summed E-state index contributed by atoms with van der Waals surface area (Å²) in [7, 11) is 0. The van der Waals surface area contributed by atoms with E-state index < -0.39 is 35.4 Å². The largest absolute Gasteiger partial charge is 0.376 e. The molecule has 9 heteroatoms. The Morgan fingerprint density at radius 3 is 1.63 bits per heavy atom. The number of rotatable bonds is 8. The Balaban J connectivity index is 0.981. The molecule has 0 unspecified atom stereocenters. The van der Waals surface area contributed by atoms with Crippen LogP contribution in [0.3, 0.4) is 0 Å². The maximum atomic E-state index is 7.13. The van der Waals surface area contributed by atoms with E-state index in [1.807, 2.05) is 13.8 Å². The zero-order valence-electron chi connectivity index (χ0n) is 32.0. The van der Waals surface area contributed by atoms with Crippen molar-refractivity contribution in [1.29, 1.82) is 0 Å². The average Bonchev–Trinajstić information content (AvgIpc) is 3.48. The zero-order valence-corrected chi connectivity index (χ0v) is 32.0. The second kappa shape index (κ2) is 13.0. The molecule has 0 N–H and O–H groups in total. The topological polar surface area (TPSA) is 83.1 Å². The van der Waals surface area contributed by atoms with Gasteiger partial charge in [-0.15, -0.1) is 0 Å². The summed E-state index contributed by atoms with van der Waals surface area (Å²) in [6.45, 7) is 16.9. The van der Waals surface area contributed by atoms with Gasteiger partial charge in [0.05, 0.1) is 25.4 Å². The van der Waals surface area contributed by atoms with E-state index in [-0.39, 0.29) is 30.0 Å². The van der Waals surface area contributed by atoms with Crippen LogP contribution in [0.4, 0.5) is 0 Å². The Labute approximate surface area is 304 Å². The standard InChI is InChI=1S/C42H62O9/c1-24-8-12-29(13-9-24)22-43-23-30(20-35-27(4)33-14-10-25(2)31-16-18-39(6)46-37(44-35)41(31,33)50-48-39)21-36-28(5)34-15-11-26(3)32-17-19-40(7)47-38(45-36)42(32,34)51-49-40/h8-9,12-13,25-28,30-38H,10-11,14-23H2,1-7H3/t25-,26-,27-,28-,31+,32+,33+,34+,35-,36-,37-,38-,39+,40+,41-,42-/m1/s1. The first-order chi connectivity index (χ1) is 24.4. The number of aryl methyl sites for hydroxylation is 1. The Hall–Kier alpha value is -1.14. The van der Waals surface area contributed by atoms with Crippen molar-refractivity contribution in [3.8, 4) is 0 Å². The molecule has 2 spiro atoms. The minimum absolute atomic E-state index is 0.00476. The second-order valence-corrected chi connectivity index (χ2v) is 18.7. The smallest absolute Gasteiger partial charge is 0.201 e. The molecular weight excluding hydrogens is 648 g/mol. The summed E-state index contributed by atoms with van der Waals surface area (Å²) in [6.07, 6.45) is 9.17. The molecule has 4 bridgehead atoms. The molecule has 1 aromatic rings. The molecule has 11 rings (SSSR count). The first kappa shape index (κ1) is 35.6. The van der Waals surface area contributed by atoms with E-state index in [1.54, 1.807) is 0 Å². The van der Waals surface area contributed by atoms with Crippen LogP contribution in [0.1, 0.15) is 117 Å². The van der Waals surface area contributed by atoms with Crippen LogP contribution in [-0.4, -0.2) is 54.2 Å². The highest BCUT2D eigenvalue weighted by atomic mass is 17.3. The zero-order chi connectivity index (χ0) is 35.3. The van der Waals surface area contributed by atoms with Crippen LogP contribution in [0.25, 0.3) is 0 Å². The molecule has 0 amide bonds. The van der Waals surface area contributed by atoms with Gasteiger partial charge in [-0.05, 0) is 119 Å². The van der Waals surface area contributed by atoms with E-state index >= 15 is 0 Å². The van der Waals surface area contributed by atoms with Crippen molar-refractivity contribution in [2.75, 3.05) is 6.61 Å². The van der Waals surface area contributed by atoms with Crippen molar-refractivity contribution in [3.05, 3.63) is 35.4 Å². The molecule has 10 fully saturated rings. The van der Waals surface area contributed by atoms with Gasteiger partial charge in [-0.25, -0.2) is 19.6 Å². The SMILES string of the molecule is Cc1ccc(COCC(C[C@H]2O[C@@H]3O[C@]4(C)CC[C@H]5[C@H](C)CC[C@@H]([C@H]2C)[C@@]35OO4)C[C@H]2O[C@@H]3O[C@]4(C)CC[C@H]5[C@H](C)CC[C@@H]([C@H]2C)[C@@]35OO4)cc1. The molecule has 10 aliphatic rings. The highest BCUT2D eigenvalue weighted by Gasteiger charge is 2.71. The average molecular weight is 711 g/mol. The molecule has 0 radical (unpaired) electrons. The highest BCUT2D eigenvalue weighted by Crippen LogP contribution is 2.63. The number of hydrogen-bond acceptors (Lipinski definition) is 9. The third-order valence-electron chi connectivity index (χ3n) is 15.5. The fourth-order valence-corrected chi connectivity index (χ4v) is 12.4. The van der Waals surface area contributed by atoms with E-state index in [4.69, 9.17) is 43.2 Å². The van der Waals surface area contributed by atoms with Gasteiger partial charge in [-0.1, -0.05) is 57.5 Å². The molecule has 8 aliphatic heterocycles. The van der Waals surface area contributed by atoms with Crippen LogP contribution in [0.2, 0.25) is 0 Å². The third kappa shape index (κ3) is 5.73. The number of ether oxygens (including phenoxy) is 5.